The molecule has 0 spiro atoms. The molecule has 2 N–H and O–H groups in total. The summed E-state index contributed by atoms with van der Waals surface area (Å²) in [6.45, 7) is 7.41. The Labute approximate surface area is 68.3 Å². The van der Waals surface area contributed by atoms with Gasteiger partial charge in [-0.15, -0.1) is 0 Å². The van der Waals surface area contributed by atoms with Crippen molar-refractivity contribution in [2.45, 2.75) is 20.3 Å². The van der Waals surface area contributed by atoms with E-state index in [1.165, 1.54) is 0 Å². The third-order valence-electron chi connectivity index (χ3n) is 1.58. The highest BCUT2D eigenvalue weighted by Gasteiger charge is 2.02. The van der Waals surface area contributed by atoms with E-state index in [0.29, 0.717) is 5.92 Å². The Morgan fingerprint density at radius 2 is 2.45 bits per heavy atom. The van der Waals surface area contributed by atoms with Crippen LogP contribution in [0.25, 0.3) is 0 Å². The zero-order valence-corrected chi connectivity index (χ0v) is 7.35. The van der Waals surface area contributed by atoms with Gasteiger partial charge in [-0.25, -0.2) is 0 Å². The topological polar surface area (TPSA) is 36.4 Å². The van der Waals surface area contributed by atoms with Crippen molar-refractivity contribution in [1.82, 2.24) is 10.6 Å². The van der Waals surface area contributed by atoms with Crippen LogP contribution in [0.5, 0.6) is 0 Å². The molecular weight excluding hydrogens is 138 g/mol. The van der Waals surface area contributed by atoms with Crippen LogP contribution in [0.4, 0.5) is 0 Å². The third-order valence-corrected chi connectivity index (χ3v) is 1.58. The zero-order valence-electron chi connectivity index (χ0n) is 7.35. The van der Waals surface area contributed by atoms with Gasteiger partial charge in [-0.05, 0) is 12.3 Å². The van der Waals surface area contributed by atoms with Crippen molar-refractivity contribution in [3.63, 3.8) is 0 Å². The van der Waals surface area contributed by atoms with E-state index in [0.717, 1.165) is 32.0 Å². The molecule has 1 aliphatic rings. The average molecular weight is 155 g/mol. The van der Waals surface area contributed by atoms with Crippen LogP contribution in [0, 0.1) is 5.92 Å². The Balaban J connectivity index is 2.19. The second-order valence-corrected chi connectivity index (χ2v) is 3.29. The minimum atomic E-state index is 0.682. The minimum Gasteiger partial charge on any atom is -0.356 e. The van der Waals surface area contributed by atoms with Gasteiger partial charge in [0.2, 0.25) is 0 Å². The van der Waals surface area contributed by atoms with Gasteiger partial charge in [0.25, 0.3) is 0 Å². The van der Waals surface area contributed by atoms with Gasteiger partial charge in [0, 0.05) is 19.6 Å². The predicted octanol–water partition coefficient (Wildman–Crippen LogP) is 0.581. The number of nitrogens with one attached hydrogen (secondary N) is 2. The molecule has 1 heterocycles. The fourth-order valence-electron chi connectivity index (χ4n) is 0.952. The van der Waals surface area contributed by atoms with Crippen LogP contribution in [-0.2, 0) is 0 Å². The first-order valence-corrected chi connectivity index (χ1v) is 4.31. The van der Waals surface area contributed by atoms with Gasteiger partial charge in [-0.3, -0.25) is 4.99 Å². The Bertz CT molecular complexity index is 140. The van der Waals surface area contributed by atoms with E-state index in [1.807, 2.05) is 0 Å². The molecule has 3 nitrogen and oxygen atoms in total. The van der Waals surface area contributed by atoms with Crippen LogP contribution in [0.15, 0.2) is 4.99 Å². The molecule has 0 aromatic carbocycles. The van der Waals surface area contributed by atoms with Crippen LogP contribution >= 0.6 is 0 Å². The molecule has 0 atom stereocenters. The number of hydrogen-bond acceptors (Lipinski definition) is 3. The average Bonchev–Trinajstić information content (AvgIpc) is 2.03. The molecule has 0 fully saturated rings. The van der Waals surface area contributed by atoms with Crippen molar-refractivity contribution in [3.05, 3.63) is 0 Å². The van der Waals surface area contributed by atoms with Crippen molar-refractivity contribution in [2.24, 2.45) is 10.9 Å². The first-order valence-electron chi connectivity index (χ1n) is 4.31. The van der Waals surface area contributed by atoms with E-state index < -0.39 is 0 Å². The van der Waals surface area contributed by atoms with Gasteiger partial charge in [0.15, 0.2) is 5.96 Å². The maximum atomic E-state index is 4.30. The lowest BCUT2D eigenvalue weighted by Gasteiger charge is -2.16. The zero-order chi connectivity index (χ0) is 8.10. The fourth-order valence-corrected chi connectivity index (χ4v) is 0.952. The lowest BCUT2D eigenvalue weighted by atomic mass is 10.2. The highest BCUT2D eigenvalue weighted by Crippen LogP contribution is 1.90. The molecule has 1 rings (SSSR count). The summed E-state index contributed by atoms with van der Waals surface area (Å²) in [6.07, 6.45) is 1.16. The number of rotatable bonds is 2. The van der Waals surface area contributed by atoms with E-state index in [9.17, 15) is 0 Å². The summed E-state index contributed by atoms with van der Waals surface area (Å²) in [5, 5.41) is 6.47. The number of aliphatic imine (C=N–C) groups is 1. The minimum absolute atomic E-state index is 0.682. The predicted molar refractivity (Wildman–Crippen MR) is 47.8 cm³/mol. The Kier molecular flexibility index (Phi) is 3.20. The number of guanidine groups is 1. The molecule has 0 aromatic heterocycles. The molecule has 64 valence electrons. The second-order valence-electron chi connectivity index (χ2n) is 3.29. The molecule has 0 saturated heterocycles. The summed E-state index contributed by atoms with van der Waals surface area (Å²) in [4.78, 5) is 4.30. The van der Waals surface area contributed by atoms with Crippen molar-refractivity contribution >= 4 is 5.96 Å². The molecule has 0 amide bonds. The van der Waals surface area contributed by atoms with E-state index in [2.05, 4.69) is 29.5 Å². The van der Waals surface area contributed by atoms with Gasteiger partial charge >= 0.3 is 0 Å². The number of nitrogens with zero attached hydrogens (tertiary/aromatic N) is 1. The summed E-state index contributed by atoms with van der Waals surface area (Å²) in [5.74, 6) is 1.66. The maximum absolute atomic E-state index is 4.30. The van der Waals surface area contributed by atoms with E-state index in [-0.39, 0.29) is 0 Å². The van der Waals surface area contributed by atoms with Crippen molar-refractivity contribution in [1.29, 1.82) is 0 Å². The van der Waals surface area contributed by atoms with E-state index in [1.54, 1.807) is 0 Å². The number of hydrogen-bond donors (Lipinski definition) is 2. The second kappa shape index (κ2) is 4.21. The highest BCUT2D eigenvalue weighted by molar-refractivity contribution is 5.80. The molecule has 0 aromatic rings. The van der Waals surface area contributed by atoms with Crippen LogP contribution < -0.4 is 10.6 Å². The van der Waals surface area contributed by atoms with Crippen LogP contribution in [0.1, 0.15) is 20.3 Å². The van der Waals surface area contributed by atoms with Gasteiger partial charge in [-0.1, -0.05) is 13.8 Å². The van der Waals surface area contributed by atoms with Crippen molar-refractivity contribution in [2.75, 3.05) is 19.6 Å². The van der Waals surface area contributed by atoms with Crippen LogP contribution in [-0.4, -0.2) is 25.6 Å². The first-order chi connectivity index (χ1) is 5.29. The van der Waals surface area contributed by atoms with Gasteiger partial charge < -0.3 is 10.6 Å². The van der Waals surface area contributed by atoms with E-state index in [4.69, 9.17) is 0 Å². The summed E-state index contributed by atoms with van der Waals surface area (Å²) in [7, 11) is 0. The largest absolute Gasteiger partial charge is 0.356 e. The molecule has 3 heteroatoms. The third kappa shape index (κ3) is 3.25. The monoisotopic (exact) mass is 155 g/mol. The molecular formula is C8H17N3. The SMILES string of the molecule is CC(C)CNC1=NCCCN1. The Morgan fingerprint density at radius 3 is 3.00 bits per heavy atom. The van der Waals surface area contributed by atoms with Crippen molar-refractivity contribution < 1.29 is 0 Å². The fraction of sp³-hybridized carbons (Fsp3) is 0.875. The van der Waals surface area contributed by atoms with Crippen LogP contribution in [0.3, 0.4) is 0 Å². The Morgan fingerprint density at radius 1 is 1.64 bits per heavy atom. The normalized spacial score (nSPS) is 17.5. The quantitative estimate of drug-likeness (QED) is 0.612. The summed E-state index contributed by atoms with van der Waals surface area (Å²) in [6, 6.07) is 0. The lowest BCUT2D eigenvalue weighted by Crippen LogP contribution is -2.42. The highest BCUT2D eigenvalue weighted by atomic mass is 15.2. The summed E-state index contributed by atoms with van der Waals surface area (Å²) < 4.78 is 0. The molecule has 0 bridgehead atoms. The molecule has 11 heavy (non-hydrogen) atoms. The van der Waals surface area contributed by atoms with E-state index >= 15 is 0 Å². The van der Waals surface area contributed by atoms with Gasteiger partial charge in [-0.2, -0.15) is 0 Å². The Hall–Kier alpha value is -0.730. The molecule has 0 aliphatic carbocycles. The van der Waals surface area contributed by atoms with Gasteiger partial charge in [0.1, 0.15) is 0 Å². The molecule has 0 radical (unpaired) electrons. The molecule has 1 aliphatic heterocycles. The summed E-state index contributed by atoms with van der Waals surface area (Å²) >= 11 is 0. The first kappa shape index (κ1) is 8.37. The smallest absolute Gasteiger partial charge is 0.191 e. The maximum Gasteiger partial charge on any atom is 0.191 e. The molecule has 0 saturated carbocycles. The van der Waals surface area contributed by atoms with Crippen LogP contribution in [0.2, 0.25) is 0 Å². The standard InChI is InChI=1S/C8H17N3/c1-7(2)6-11-8-9-4-3-5-10-8/h7H,3-6H2,1-2H3,(H2,9,10,11). The lowest BCUT2D eigenvalue weighted by molar-refractivity contribution is 0.604. The summed E-state index contributed by atoms with van der Waals surface area (Å²) in [5.41, 5.74) is 0. The van der Waals surface area contributed by atoms with Gasteiger partial charge in [0.05, 0.1) is 0 Å². The molecule has 0 unspecified atom stereocenters. The van der Waals surface area contributed by atoms with Crippen molar-refractivity contribution in [3.8, 4) is 0 Å².